The standard InChI is InChI=1S/2C2H6N2O2.Fe/c2*5-1-3-4-2-6;/h2*5-6H,1-2H2;. The van der Waals surface area contributed by atoms with Gasteiger partial charge in [0.15, 0.2) is 26.9 Å². The molecule has 0 rings (SSSR count). The summed E-state index contributed by atoms with van der Waals surface area (Å²) in [6, 6.07) is 0. The van der Waals surface area contributed by atoms with Gasteiger partial charge in [0.1, 0.15) is 0 Å². The molecule has 0 aromatic heterocycles. The molecule has 9 heteroatoms. The summed E-state index contributed by atoms with van der Waals surface area (Å²) < 4.78 is 0. The van der Waals surface area contributed by atoms with Crippen molar-refractivity contribution in [2.45, 2.75) is 0 Å². The van der Waals surface area contributed by atoms with Crippen molar-refractivity contribution >= 4 is 0 Å². The first kappa shape index (κ1) is 18.4. The summed E-state index contributed by atoms with van der Waals surface area (Å²) in [5.41, 5.74) is 0. The molecule has 0 amide bonds. The van der Waals surface area contributed by atoms with Crippen LogP contribution in [0.25, 0.3) is 0 Å². The van der Waals surface area contributed by atoms with Crippen LogP contribution in [0.2, 0.25) is 0 Å². The van der Waals surface area contributed by atoms with Crippen molar-refractivity contribution in [3.8, 4) is 0 Å². The molecule has 0 aliphatic rings. The number of nitrogens with zero attached hydrogens (tertiary/aromatic N) is 4. The van der Waals surface area contributed by atoms with Gasteiger partial charge in [-0.05, 0) is 0 Å². The van der Waals surface area contributed by atoms with Crippen molar-refractivity contribution < 1.29 is 37.5 Å². The number of aliphatic hydroxyl groups excluding tert-OH is 4. The molecule has 0 aliphatic carbocycles. The molecule has 0 atom stereocenters. The molecule has 0 aromatic rings. The fraction of sp³-hybridized carbons (Fsp3) is 1.00. The first-order chi connectivity index (χ1) is 5.83. The normalized spacial score (nSPS) is 9.54. The van der Waals surface area contributed by atoms with Gasteiger partial charge in [-0.25, -0.2) is 0 Å². The first-order valence-corrected chi connectivity index (χ1v) is 2.93. The van der Waals surface area contributed by atoms with E-state index in [2.05, 4.69) is 20.5 Å². The Morgan fingerprint density at radius 3 is 0.769 bits per heavy atom. The SMILES string of the molecule is OCN=NCO.OCN=NCO.[Fe]. The summed E-state index contributed by atoms with van der Waals surface area (Å²) in [5, 5.41) is 43.4. The summed E-state index contributed by atoms with van der Waals surface area (Å²) in [6.45, 7) is -1.39. The third kappa shape index (κ3) is 34.2. The zero-order chi connectivity index (χ0) is 9.66. The molecule has 0 aromatic carbocycles. The molecule has 0 saturated heterocycles. The third-order valence-electron chi connectivity index (χ3n) is 0.453. The number of hydrogen-bond donors (Lipinski definition) is 4. The van der Waals surface area contributed by atoms with Crippen molar-refractivity contribution in [1.82, 2.24) is 0 Å². The second kappa shape index (κ2) is 22.6. The predicted molar refractivity (Wildman–Crippen MR) is 38.1 cm³/mol. The van der Waals surface area contributed by atoms with Crippen LogP contribution < -0.4 is 0 Å². The topological polar surface area (TPSA) is 130 Å². The zero-order valence-electron chi connectivity index (χ0n) is 6.76. The number of rotatable bonds is 4. The number of aliphatic hydroxyl groups is 4. The van der Waals surface area contributed by atoms with Gasteiger partial charge in [-0.3, -0.25) is 0 Å². The molecule has 0 fully saturated rings. The molecule has 80 valence electrons. The van der Waals surface area contributed by atoms with Crippen LogP contribution in [0.4, 0.5) is 0 Å². The van der Waals surface area contributed by atoms with E-state index in [1.807, 2.05) is 0 Å². The van der Waals surface area contributed by atoms with Crippen molar-refractivity contribution in [3.63, 3.8) is 0 Å². The summed E-state index contributed by atoms with van der Waals surface area (Å²) in [5.74, 6) is 0. The van der Waals surface area contributed by atoms with Crippen molar-refractivity contribution in [1.29, 1.82) is 0 Å². The summed E-state index contributed by atoms with van der Waals surface area (Å²) in [6.07, 6.45) is 0. The largest absolute Gasteiger partial charge is 0.373 e. The molecule has 0 aliphatic heterocycles. The fourth-order valence-corrected chi connectivity index (χ4v) is 0.179. The maximum atomic E-state index is 7.83. The van der Waals surface area contributed by atoms with Crippen LogP contribution in [0.15, 0.2) is 20.5 Å². The van der Waals surface area contributed by atoms with Gasteiger partial charge >= 0.3 is 0 Å². The molecule has 0 heterocycles. The minimum absolute atomic E-state index is 0. The van der Waals surface area contributed by atoms with Crippen LogP contribution in [-0.4, -0.2) is 47.3 Å². The van der Waals surface area contributed by atoms with Crippen LogP contribution in [0.5, 0.6) is 0 Å². The van der Waals surface area contributed by atoms with Gasteiger partial charge in [-0.2, -0.15) is 20.5 Å². The van der Waals surface area contributed by atoms with E-state index in [1.54, 1.807) is 0 Å². The Morgan fingerprint density at radius 1 is 0.538 bits per heavy atom. The molecule has 13 heavy (non-hydrogen) atoms. The molecule has 0 unspecified atom stereocenters. The maximum Gasteiger partial charge on any atom is 0.155 e. The van der Waals surface area contributed by atoms with Crippen LogP contribution in [0.3, 0.4) is 0 Å². The average molecular weight is 236 g/mol. The Balaban J connectivity index is -0.000000143. The van der Waals surface area contributed by atoms with Gasteiger partial charge in [-0.1, -0.05) is 0 Å². The summed E-state index contributed by atoms with van der Waals surface area (Å²) in [4.78, 5) is 0. The molecular weight excluding hydrogens is 224 g/mol. The molecule has 0 saturated carbocycles. The third-order valence-corrected chi connectivity index (χ3v) is 0.453. The van der Waals surface area contributed by atoms with Crippen molar-refractivity contribution in [2.75, 3.05) is 26.9 Å². The van der Waals surface area contributed by atoms with Gasteiger partial charge in [0, 0.05) is 17.1 Å². The molecule has 4 N–H and O–H groups in total. The predicted octanol–water partition coefficient (Wildman–Crippen LogP) is -1.33. The maximum absolute atomic E-state index is 7.83. The van der Waals surface area contributed by atoms with Crippen molar-refractivity contribution in [3.05, 3.63) is 0 Å². The van der Waals surface area contributed by atoms with E-state index >= 15 is 0 Å². The van der Waals surface area contributed by atoms with Crippen LogP contribution in [-0.2, 0) is 17.1 Å². The molecule has 0 bridgehead atoms. The van der Waals surface area contributed by atoms with E-state index in [0.717, 1.165) is 0 Å². The molecule has 0 spiro atoms. The van der Waals surface area contributed by atoms with Crippen LogP contribution in [0, 0.1) is 0 Å². The van der Waals surface area contributed by atoms with Crippen molar-refractivity contribution in [2.24, 2.45) is 20.5 Å². The van der Waals surface area contributed by atoms with Gasteiger partial charge < -0.3 is 20.4 Å². The molecule has 8 nitrogen and oxygen atoms in total. The minimum atomic E-state index is -0.347. The quantitative estimate of drug-likeness (QED) is 0.356. The minimum Gasteiger partial charge on any atom is -0.373 e. The van der Waals surface area contributed by atoms with E-state index in [1.165, 1.54) is 0 Å². The smallest absolute Gasteiger partial charge is 0.155 e. The Kier molecular flexibility index (Phi) is 31.9. The number of hydrogen-bond acceptors (Lipinski definition) is 8. The summed E-state index contributed by atoms with van der Waals surface area (Å²) >= 11 is 0. The Bertz CT molecular complexity index is 96.7. The van der Waals surface area contributed by atoms with E-state index in [4.69, 9.17) is 20.4 Å². The zero-order valence-corrected chi connectivity index (χ0v) is 7.86. The Morgan fingerprint density at radius 2 is 0.692 bits per heavy atom. The second-order valence-electron chi connectivity index (χ2n) is 1.13. The van der Waals surface area contributed by atoms with Gasteiger partial charge in [0.25, 0.3) is 0 Å². The van der Waals surface area contributed by atoms with E-state index in [-0.39, 0.29) is 44.0 Å². The Hall–Kier alpha value is -0.441. The van der Waals surface area contributed by atoms with Crippen LogP contribution in [0.1, 0.15) is 0 Å². The van der Waals surface area contributed by atoms with E-state index in [9.17, 15) is 0 Å². The van der Waals surface area contributed by atoms with Gasteiger partial charge in [0.05, 0.1) is 0 Å². The second-order valence-corrected chi connectivity index (χ2v) is 1.13. The average Bonchev–Trinajstić information content (AvgIpc) is 2.12. The first-order valence-electron chi connectivity index (χ1n) is 2.93. The van der Waals surface area contributed by atoms with Gasteiger partial charge in [0.2, 0.25) is 0 Å². The van der Waals surface area contributed by atoms with Gasteiger partial charge in [-0.15, -0.1) is 0 Å². The van der Waals surface area contributed by atoms with E-state index in [0.29, 0.717) is 0 Å². The Labute approximate surface area is 85.5 Å². The summed E-state index contributed by atoms with van der Waals surface area (Å²) in [7, 11) is 0. The number of azo groups is 2. The molecule has 0 radical (unpaired) electrons. The monoisotopic (exact) mass is 236 g/mol. The van der Waals surface area contributed by atoms with Crippen LogP contribution >= 0.6 is 0 Å². The fourth-order valence-electron chi connectivity index (χ4n) is 0.179. The van der Waals surface area contributed by atoms with E-state index < -0.39 is 0 Å². The molecular formula is C4H12FeN4O4.